The molecule has 1 saturated heterocycles. The van der Waals surface area contributed by atoms with Crippen molar-refractivity contribution in [2.45, 2.75) is 33.5 Å². The fourth-order valence-electron chi connectivity index (χ4n) is 5.16. The Morgan fingerprint density at radius 1 is 1.16 bits per heavy atom. The van der Waals surface area contributed by atoms with Gasteiger partial charge in [-0.2, -0.15) is 5.26 Å². The van der Waals surface area contributed by atoms with Gasteiger partial charge in [-0.1, -0.05) is 31.5 Å². The summed E-state index contributed by atoms with van der Waals surface area (Å²) < 4.78 is 17.2. The van der Waals surface area contributed by atoms with Crippen LogP contribution >= 0.6 is 11.6 Å². The van der Waals surface area contributed by atoms with Gasteiger partial charge in [0, 0.05) is 54.8 Å². The summed E-state index contributed by atoms with van der Waals surface area (Å²) in [6, 6.07) is 14.5. The number of aryl methyl sites for hydroxylation is 1. The van der Waals surface area contributed by atoms with Gasteiger partial charge in [-0.3, -0.25) is 9.97 Å². The van der Waals surface area contributed by atoms with Gasteiger partial charge in [0.2, 0.25) is 0 Å². The highest BCUT2D eigenvalue weighted by atomic mass is 35.5. The number of aromatic nitrogens is 2. The number of halogens is 1. The van der Waals surface area contributed by atoms with Crippen LogP contribution in [-0.4, -0.2) is 52.4 Å². The monoisotopic (exact) mass is 601 g/mol. The Kier molecular flexibility index (Phi) is 8.85. The summed E-state index contributed by atoms with van der Waals surface area (Å²) in [6.45, 7) is 6.84. The first-order valence-corrected chi connectivity index (χ1v) is 14.2. The molecule has 1 amide bonds. The number of aliphatic hydroxyl groups is 1. The predicted molar refractivity (Wildman–Crippen MR) is 163 cm³/mol. The van der Waals surface area contributed by atoms with E-state index in [0.717, 1.165) is 11.3 Å². The van der Waals surface area contributed by atoms with Crippen molar-refractivity contribution in [2.24, 2.45) is 11.8 Å². The molecule has 11 heteroatoms. The lowest BCUT2D eigenvalue weighted by Gasteiger charge is -2.38. The first-order valence-electron chi connectivity index (χ1n) is 13.8. The van der Waals surface area contributed by atoms with E-state index in [1.54, 1.807) is 41.4 Å². The maximum atomic E-state index is 13.0. The molecule has 2 unspecified atom stereocenters. The molecule has 10 nitrogen and oxygen atoms in total. The van der Waals surface area contributed by atoms with Crippen LogP contribution in [0.15, 0.2) is 54.9 Å². The van der Waals surface area contributed by atoms with E-state index in [1.807, 2.05) is 32.9 Å². The second-order valence-electron chi connectivity index (χ2n) is 10.7. The Labute approximate surface area is 254 Å². The number of carbonyl (C=O) groups is 1. The number of carbonyl (C=O) groups excluding carboxylic acids is 1. The summed E-state index contributed by atoms with van der Waals surface area (Å²) in [5.74, 6) is 0.899. The van der Waals surface area contributed by atoms with E-state index in [1.165, 1.54) is 13.3 Å². The van der Waals surface area contributed by atoms with E-state index in [4.69, 9.17) is 25.8 Å². The normalized spacial score (nSPS) is 18.2. The van der Waals surface area contributed by atoms with Crippen LogP contribution in [0.3, 0.4) is 0 Å². The zero-order valence-electron chi connectivity index (χ0n) is 24.3. The third-order valence-electron chi connectivity index (χ3n) is 7.61. The van der Waals surface area contributed by atoms with Gasteiger partial charge in [-0.25, -0.2) is 4.79 Å². The highest BCUT2D eigenvalue weighted by Gasteiger charge is 2.34. The van der Waals surface area contributed by atoms with E-state index >= 15 is 0 Å². The average molecular weight is 602 g/mol. The van der Waals surface area contributed by atoms with Crippen molar-refractivity contribution >= 4 is 40.0 Å². The first-order chi connectivity index (χ1) is 20.7. The summed E-state index contributed by atoms with van der Waals surface area (Å²) in [7, 11) is 1.47. The van der Waals surface area contributed by atoms with Gasteiger partial charge >= 0.3 is 6.09 Å². The van der Waals surface area contributed by atoms with E-state index in [-0.39, 0.29) is 23.1 Å². The lowest BCUT2D eigenvalue weighted by atomic mass is 9.89. The summed E-state index contributed by atoms with van der Waals surface area (Å²) in [5.41, 5.74) is 3.65. The number of hydrogen-bond acceptors (Lipinski definition) is 9. The number of nitrogens with zero attached hydrogens (tertiary/aromatic N) is 4. The van der Waals surface area contributed by atoms with Gasteiger partial charge in [-0.05, 0) is 36.8 Å². The number of anilines is 2. The van der Waals surface area contributed by atoms with Crippen molar-refractivity contribution < 1.29 is 24.1 Å². The quantitative estimate of drug-likeness (QED) is 0.253. The summed E-state index contributed by atoms with van der Waals surface area (Å²) in [4.78, 5) is 23.4. The van der Waals surface area contributed by atoms with E-state index < -0.39 is 12.2 Å². The molecular weight excluding hydrogens is 570 g/mol. The Balaban J connectivity index is 1.40. The van der Waals surface area contributed by atoms with Gasteiger partial charge in [-0.15, -0.1) is 0 Å². The number of aliphatic hydroxyl groups excluding tert-OH is 1. The maximum Gasteiger partial charge on any atom is 0.415 e. The Morgan fingerprint density at radius 3 is 2.60 bits per heavy atom. The predicted octanol–water partition coefficient (Wildman–Crippen LogP) is 6.24. The molecule has 1 fully saturated rings. The molecule has 0 spiro atoms. The molecule has 0 bridgehead atoms. The van der Waals surface area contributed by atoms with Crippen LogP contribution in [0.1, 0.15) is 30.7 Å². The fraction of sp³-hybridized carbons (Fsp3) is 0.312. The lowest BCUT2D eigenvalue weighted by Crippen LogP contribution is -2.50. The van der Waals surface area contributed by atoms with Crippen molar-refractivity contribution in [1.29, 1.82) is 5.26 Å². The van der Waals surface area contributed by atoms with Crippen molar-refractivity contribution in [1.82, 2.24) is 14.9 Å². The number of rotatable bonds is 7. The molecule has 2 atom stereocenters. The van der Waals surface area contributed by atoms with Crippen LogP contribution in [-0.2, 0) is 6.61 Å². The molecule has 5 rings (SSSR count). The smallest absolute Gasteiger partial charge is 0.415 e. The minimum absolute atomic E-state index is 0.0768. The number of hydrogen-bond donors (Lipinski definition) is 2. The second-order valence-corrected chi connectivity index (χ2v) is 11.1. The number of nitriles is 1. The largest absolute Gasteiger partial charge is 0.493 e. The maximum absolute atomic E-state index is 13.0. The molecule has 2 N–H and O–H groups in total. The average Bonchev–Trinajstić information content (AvgIpc) is 3.00. The van der Waals surface area contributed by atoms with Gasteiger partial charge in [0.1, 0.15) is 18.4 Å². The summed E-state index contributed by atoms with van der Waals surface area (Å²) in [5, 5.41) is 24.3. The number of ether oxygens (including phenoxy) is 3. The molecule has 1 aliphatic rings. The number of piperidine rings is 1. The molecule has 1 aliphatic heterocycles. The number of nitrogens with one attached hydrogen (secondary N) is 1. The first kappa shape index (κ1) is 29.9. The van der Waals surface area contributed by atoms with Crippen LogP contribution < -0.4 is 19.5 Å². The van der Waals surface area contributed by atoms with Gasteiger partial charge in [0.15, 0.2) is 11.5 Å². The van der Waals surface area contributed by atoms with Crippen LogP contribution in [0, 0.1) is 30.1 Å². The third kappa shape index (κ3) is 6.43. The fourth-order valence-corrected chi connectivity index (χ4v) is 5.37. The standard InChI is InChI=1S/C32H32ClN5O5/c1-18-6-5-9-35-27(18)17-42-22-7-8-25(24(33)10-22)37-30-21(13-34)14-36-26-12-29(28(41-4)11-23(26)30)43-32(40)38-15-19(2)31(39)20(3)16-38/h5-12,14,19-20,31,39H,15-17H2,1-4H3,(H,36,37). The number of benzene rings is 2. The number of amides is 1. The Bertz CT molecular complexity index is 1700. The molecule has 0 aliphatic carbocycles. The Hall–Kier alpha value is -4.59. The van der Waals surface area contributed by atoms with Crippen molar-refractivity contribution in [2.75, 3.05) is 25.5 Å². The zero-order chi connectivity index (χ0) is 30.7. The van der Waals surface area contributed by atoms with Crippen LogP contribution in [0.2, 0.25) is 5.02 Å². The summed E-state index contributed by atoms with van der Waals surface area (Å²) >= 11 is 6.62. The molecule has 222 valence electrons. The SMILES string of the molecule is COc1cc2c(Nc3ccc(OCc4ncccc4C)cc3Cl)c(C#N)cnc2cc1OC(=O)N1CC(C)C(O)C(C)C1. The van der Waals surface area contributed by atoms with E-state index in [2.05, 4.69) is 21.4 Å². The minimum Gasteiger partial charge on any atom is -0.493 e. The molecule has 2 aromatic carbocycles. The van der Waals surface area contributed by atoms with Crippen LogP contribution in [0.25, 0.3) is 10.9 Å². The molecule has 3 heterocycles. The highest BCUT2D eigenvalue weighted by Crippen LogP contribution is 2.39. The third-order valence-corrected chi connectivity index (χ3v) is 7.92. The van der Waals surface area contributed by atoms with E-state index in [9.17, 15) is 15.2 Å². The van der Waals surface area contributed by atoms with Gasteiger partial charge in [0.05, 0.1) is 46.4 Å². The lowest BCUT2D eigenvalue weighted by molar-refractivity contribution is -0.00111. The number of pyridine rings is 2. The molecule has 0 radical (unpaired) electrons. The van der Waals surface area contributed by atoms with Crippen molar-refractivity contribution in [3.63, 3.8) is 0 Å². The molecular formula is C32H32ClN5O5. The van der Waals surface area contributed by atoms with Crippen LogP contribution in [0.4, 0.5) is 16.2 Å². The highest BCUT2D eigenvalue weighted by molar-refractivity contribution is 6.33. The molecule has 0 saturated carbocycles. The summed E-state index contributed by atoms with van der Waals surface area (Å²) in [6.07, 6.45) is 2.15. The van der Waals surface area contributed by atoms with Crippen LogP contribution in [0.5, 0.6) is 17.2 Å². The minimum atomic E-state index is -0.539. The van der Waals surface area contributed by atoms with Crippen molar-refractivity contribution in [3.8, 4) is 23.3 Å². The zero-order valence-corrected chi connectivity index (χ0v) is 25.1. The van der Waals surface area contributed by atoms with Gasteiger partial charge < -0.3 is 29.5 Å². The topological polar surface area (TPSA) is 130 Å². The second kappa shape index (κ2) is 12.7. The van der Waals surface area contributed by atoms with E-state index in [0.29, 0.717) is 58.5 Å². The molecule has 2 aromatic heterocycles. The van der Waals surface area contributed by atoms with Crippen molar-refractivity contribution in [3.05, 3.63) is 76.7 Å². The Morgan fingerprint density at radius 2 is 1.93 bits per heavy atom. The number of fused-ring (bicyclic) bond motifs is 1. The van der Waals surface area contributed by atoms with Gasteiger partial charge in [0.25, 0.3) is 0 Å². The number of methoxy groups -OCH3 is 1. The molecule has 4 aromatic rings. The molecule has 43 heavy (non-hydrogen) atoms. The number of likely N-dealkylation sites (tertiary alicyclic amines) is 1.